The summed E-state index contributed by atoms with van der Waals surface area (Å²) in [6.45, 7) is 5.49. The summed E-state index contributed by atoms with van der Waals surface area (Å²) in [5.74, 6) is 0.461. The summed E-state index contributed by atoms with van der Waals surface area (Å²) >= 11 is 0. The monoisotopic (exact) mass is 374 g/mol. The second kappa shape index (κ2) is 7.58. The minimum atomic E-state index is -0.523. The number of aromatic nitrogens is 1. The number of rotatable bonds is 4. The number of para-hydroxylation sites is 1. The zero-order chi connectivity index (χ0) is 19.6. The highest BCUT2D eigenvalue weighted by atomic mass is 16.6. The number of ether oxygens (including phenoxy) is 2. The summed E-state index contributed by atoms with van der Waals surface area (Å²) in [4.78, 5) is 29.0. The predicted molar refractivity (Wildman–Crippen MR) is 100 cm³/mol. The molecule has 7 heteroatoms. The molecule has 0 radical (unpaired) electrons. The Labute approximate surface area is 158 Å². The van der Waals surface area contributed by atoms with Crippen LogP contribution in [-0.2, 0) is 4.74 Å². The third-order valence-corrected chi connectivity index (χ3v) is 4.63. The number of methoxy groups -OCH3 is 1. The fourth-order valence-electron chi connectivity index (χ4n) is 3.34. The Morgan fingerprint density at radius 1 is 1.19 bits per heavy atom. The van der Waals surface area contributed by atoms with Gasteiger partial charge in [-0.15, -0.1) is 0 Å². The van der Waals surface area contributed by atoms with Crippen LogP contribution in [0.4, 0.5) is 4.79 Å². The predicted octanol–water partition coefficient (Wildman–Crippen LogP) is 4.10. The molecular formula is C20H26N2O5. The number of carbonyl (C=O) groups is 2. The van der Waals surface area contributed by atoms with E-state index in [1.54, 1.807) is 25.3 Å². The number of nitrogens with one attached hydrogen (secondary N) is 1. The molecule has 1 aliphatic carbocycles. The van der Waals surface area contributed by atoms with Crippen LogP contribution in [0, 0.1) is 5.92 Å². The number of amides is 1. The molecule has 2 aromatic rings. The first kappa shape index (κ1) is 19.2. The minimum Gasteiger partial charge on any atom is -0.494 e. The van der Waals surface area contributed by atoms with Gasteiger partial charge in [-0.25, -0.2) is 9.78 Å². The highest BCUT2D eigenvalue weighted by Crippen LogP contribution is 2.30. The number of hydrogen-bond donors (Lipinski definition) is 1. The lowest BCUT2D eigenvalue weighted by molar-refractivity contribution is 0.0486. The Hall–Kier alpha value is -2.57. The summed E-state index contributed by atoms with van der Waals surface area (Å²) in [6.07, 6.45) is 2.38. The molecule has 7 nitrogen and oxygen atoms in total. The second-order valence-corrected chi connectivity index (χ2v) is 7.89. The number of alkyl carbamates (subject to hydrolysis) is 1. The summed E-state index contributed by atoms with van der Waals surface area (Å²) in [6, 6.07) is 5.37. The SMILES string of the molecule is COc1cccc2oc(C(=O)[C@H]3CC[C@H](NC(=O)OC(C)(C)C)CC3)nc12. The lowest BCUT2D eigenvalue weighted by Gasteiger charge is -2.28. The van der Waals surface area contributed by atoms with Crippen molar-refractivity contribution in [3.63, 3.8) is 0 Å². The lowest BCUT2D eigenvalue weighted by Crippen LogP contribution is -2.41. The first-order chi connectivity index (χ1) is 12.8. The van der Waals surface area contributed by atoms with E-state index in [9.17, 15) is 9.59 Å². The molecule has 1 saturated carbocycles. The average molecular weight is 374 g/mol. The van der Waals surface area contributed by atoms with Crippen molar-refractivity contribution in [2.75, 3.05) is 7.11 Å². The smallest absolute Gasteiger partial charge is 0.407 e. The van der Waals surface area contributed by atoms with Crippen LogP contribution in [0.5, 0.6) is 5.75 Å². The van der Waals surface area contributed by atoms with Crippen LogP contribution in [0.3, 0.4) is 0 Å². The van der Waals surface area contributed by atoms with Crippen molar-refractivity contribution >= 4 is 23.0 Å². The Balaban J connectivity index is 1.60. The van der Waals surface area contributed by atoms with E-state index in [1.807, 2.05) is 20.8 Å². The molecule has 0 unspecified atom stereocenters. The third-order valence-electron chi connectivity index (χ3n) is 4.63. The molecule has 1 fully saturated rings. The molecule has 1 N–H and O–H groups in total. The van der Waals surface area contributed by atoms with E-state index >= 15 is 0 Å². The maximum atomic E-state index is 12.8. The molecule has 1 amide bonds. The zero-order valence-electron chi connectivity index (χ0n) is 16.2. The van der Waals surface area contributed by atoms with Crippen molar-refractivity contribution in [1.82, 2.24) is 10.3 Å². The van der Waals surface area contributed by atoms with E-state index in [1.165, 1.54) is 0 Å². The number of oxazole rings is 1. The Morgan fingerprint density at radius 2 is 1.89 bits per heavy atom. The highest BCUT2D eigenvalue weighted by Gasteiger charge is 2.31. The molecule has 0 bridgehead atoms. The number of Topliss-reactive ketones (excluding diaryl/α,β-unsaturated/α-hetero) is 1. The van der Waals surface area contributed by atoms with Gasteiger partial charge in [0.1, 0.15) is 11.4 Å². The van der Waals surface area contributed by atoms with E-state index < -0.39 is 11.7 Å². The fourth-order valence-corrected chi connectivity index (χ4v) is 3.34. The van der Waals surface area contributed by atoms with Crippen LogP contribution < -0.4 is 10.1 Å². The van der Waals surface area contributed by atoms with Crippen LogP contribution in [0.2, 0.25) is 0 Å². The Kier molecular flexibility index (Phi) is 5.39. The zero-order valence-corrected chi connectivity index (χ0v) is 16.2. The third kappa shape index (κ3) is 4.59. The van der Waals surface area contributed by atoms with E-state index in [2.05, 4.69) is 10.3 Å². The van der Waals surface area contributed by atoms with E-state index in [0.29, 0.717) is 29.7 Å². The summed E-state index contributed by atoms with van der Waals surface area (Å²) in [5, 5.41) is 2.88. The van der Waals surface area contributed by atoms with Crippen LogP contribution in [0.15, 0.2) is 22.6 Å². The van der Waals surface area contributed by atoms with Crippen molar-refractivity contribution in [1.29, 1.82) is 0 Å². The highest BCUT2D eigenvalue weighted by molar-refractivity contribution is 5.96. The topological polar surface area (TPSA) is 90.7 Å². The number of ketones is 1. The van der Waals surface area contributed by atoms with Crippen molar-refractivity contribution < 1.29 is 23.5 Å². The van der Waals surface area contributed by atoms with Gasteiger partial charge in [0.25, 0.3) is 5.89 Å². The molecule has 146 valence electrons. The number of fused-ring (bicyclic) bond motifs is 1. The fraction of sp³-hybridized carbons (Fsp3) is 0.550. The van der Waals surface area contributed by atoms with Gasteiger partial charge in [-0.3, -0.25) is 4.79 Å². The van der Waals surface area contributed by atoms with Crippen LogP contribution >= 0.6 is 0 Å². The number of hydrogen-bond acceptors (Lipinski definition) is 6. The average Bonchev–Trinajstić information content (AvgIpc) is 3.04. The normalized spacial score (nSPS) is 20.3. The van der Waals surface area contributed by atoms with E-state index in [4.69, 9.17) is 13.9 Å². The first-order valence-corrected chi connectivity index (χ1v) is 9.24. The van der Waals surface area contributed by atoms with E-state index in [-0.39, 0.29) is 23.6 Å². The molecule has 0 atom stereocenters. The van der Waals surface area contributed by atoms with Crippen LogP contribution in [0.25, 0.3) is 11.1 Å². The number of nitrogens with zero attached hydrogens (tertiary/aromatic N) is 1. The molecule has 1 aromatic heterocycles. The van der Waals surface area contributed by atoms with Gasteiger partial charge in [0, 0.05) is 12.0 Å². The molecule has 1 heterocycles. The van der Waals surface area contributed by atoms with Gasteiger partial charge in [-0.1, -0.05) is 6.07 Å². The summed E-state index contributed by atoms with van der Waals surface area (Å²) in [5.41, 5.74) is 0.576. The van der Waals surface area contributed by atoms with Crippen molar-refractivity contribution in [2.45, 2.75) is 58.1 Å². The molecule has 1 aromatic carbocycles. The molecule has 0 spiro atoms. The Morgan fingerprint density at radius 3 is 2.52 bits per heavy atom. The van der Waals surface area contributed by atoms with Crippen molar-refractivity contribution in [3.8, 4) is 5.75 Å². The summed E-state index contributed by atoms with van der Waals surface area (Å²) < 4.78 is 16.2. The minimum absolute atomic E-state index is 0.0210. The molecule has 3 rings (SSSR count). The standard InChI is InChI=1S/C20H26N2O5/c1-20(2,3)27-19(24)21-13-10-8-12(9-11-13)17(23)18-22-16-14(25-4)6-5-7-15(16)26-18/h5-7,12-13H,8-11H2,1-4H3,(H,21,24)/t12-,13-. The van der Waals surface area contributed by atoms with Crippen molar-refractivity contribution in [3.05, 3.63) is 24.1 Å². The molecule has 0 aliphatic heterocycles. The van der Waals surface area contributed by atoms with E-state index in [0.717, 1.165) is 12.8 Å². The quantitative estimate of drug-likeness (QED) is 0.810. The van der Waals surface area contributed by atoms with Gasteiger partial charge in [0.15, 0.2) is 11.1 Å². The van der Waals surface area contributed by atoms with Gasteiger partial charge in [-0.2, -0.15) is 0 Å². The van der Waals surface area contributed by atoms with Crippen LogP contribution in [-0.4, -0.2) is 35.6 Å². The second-order valence-electron chi connectivity index (χ2n) is 7.89. The van der Waals surface area contributed by atoms with Gasteiger partial charge >= 0.3 is 6.09 Å². The van der Waals surface area contributed by atoms with Gasteiger partial charge in [-0.05, 0) is 58.6 Å². The largest absolute Gasteiger partial charge is 0.494 e. The molecular weight excluding hydrogens is 348 g/mol. The van der Waals surface area contributed by atoms with Crippen LogP contribution in [0.1, 0.15) is 57.1 Å². The molecule has 27 heavy (non-hydrogen) atoms. The first-order valence-electron chi connectivity index (χ1n) is 9.24. The number of carbonyl (C=O) groups excluding carboxylic acids is 2. The maximum Gasteiger partial charge on any atom is 0.407 e. The van der Waals surface area contributed by atoms with Gasteiger partial charge in [0.2, 0.25) is 5.78 Å². The lowest BCUT2D eigenvalue weighted by atomic mass is 9.83. The van der Waals surface area contributed by atoms with Gasteiger partial charge < -0.3 is 19.2 Å². The van der Waals surface area contributed by atoms with Gasteiger partial charge in [0.05, 0.1) is 7.11 Å². The maximum absolute atomic E-state index is 12.8. The molecule has 0 saturated heterocycles. The summed E-state index contributed by atoms with van der Waals surface area (Å²) in [7, 11) is 1.56. The molecule has 1 aliphatic rings. The van der Waals surface area contributed by atoms with Crippen molar-refractivity contribution in [2.24, 2.45) is 5.92 Å². The Bertz CT molecular complexity index is 828. The number of benzene rings is 1.